The Bertz CT molecular complexity index is 727. The summed E-state index contributed by atoms with van der Waals surface area (Å²) in [5.74, 6) is 0. The summed E-state index contributed by atoms with van der Waals surface area (Å²) in [6, 6.07) is 16.7. The zero-order chi connectivity index (χ0) is 13.9. The number of nitrogens with one attached hydrogen (secondary N) is 1. The second-order valence-electron chi connectivity index (χ2n) is 4.86. The van der Waals surface area contributed by atoms with Crippen LogP contribution in [0.25, 0.3) is 10.9 Å². The lowest BCUT2D eigenvalue weighted by atomic mass is 10.1. The van der Waals surface area contributed by atoms with Gasteiger partial charge in [-0.15, -0.1) is 0 Å². The van der Waals surface area contributed by atoms with Gasteiger partial charge in [0, 0.05) is 28.3 Å². The van der Waals surface area contributed by atoms with E-state index in [0.29, 0.717) is 0 Å². The molecule has 3 aromatic rings. The summed E-state index contributed by atoms with van der Waals surface area (Å²) in [5, 5.41) is 4.64. The minimum atomic E-state index is 0.768. The third-order valence-corrected chi connectivity index (χ3v) is 3.70. The minimum absolute atomic E-state index is 0.768. The molecule has 3 rings (SSSR count). The lowest BCUT2D eigenvalue weighted by Crippen LogP contribution is -2.01. The first-order chi connectivity index (χ1) is 9.72. The van der Waals surface area contributed by atoms with Gasteiger partial charge in [-0.25, -0.2) is 0 Å². The molecule has 0 fully saturated rings. The Morgan fingerprint density at radius 1 is 1.10 bits per heavy atom. The minimum Gasteiger partial charge on any atom is -0.381 e. The number of para-hydroxylation sites is 1. The van der Waals surface area contributed by atoms with Crippen LogP contribution >= 0.6 is 15.9 Å². The second kappa shape index (κ2) is 5.63. The highest BCUT2D eigenvalue weighted by Crippen LogP contribution is 2.21. The standard InChI is InChI=1S/C17H15BrN2/c1-12-8-15(18)10-16(9-12)20-11-14-5-2-4-13-6-3-7-19-17(13)14/h2-10,20H,11H2,1H3. The number of benzene rings is 2. The topological polar surface area (TPSA) is 24.9 Å². The molecule has 0 aliphatic carbocycles. The van der Waals surface area contributed by atoms with Gasteiger partial charge in [0.15, 0.2) is 0 Å². The van der Waals surface area contributed by atoms with Gasteiger partial charge in [0.05, 0.1) is 5.52 Å². The van der Waals surface area contributed by atoms with Crippen LogP contribution in [-0.2, 0) is 6.54 Å². The van der Waals surface area contributed by atoms with Crippen molar-refractivity contribution in [3.63, 3.8) is 0 Å². The Hall–Kier alpha value is -1.87. The van der Waals surface area contributed by atoms with Gasteiger partial charge in [-0.3, -0.25) is 4.98 Å². The highest BCUT2D eigenvalue weighted by Gasteiger charge is 2.02. The molecule has 0 aliphatic rings. The smallest absolute Gasteiger partial charge is 0.0751 e. The summed E-state index contributed by atoms with van der Waals surface area (Å²) in [6.07, 6.45) is 1.84. The molecule has 3 heteroatoms. The molecule has 0 bridgehead atoms. The van der Waals surface area contributed by atoms with Crippen LogP contribution < -0.4 is 5.32 Å². The second-order valence-corrected chi connectivity index (χ2v) is 5.78. The molecule has 0 radical (unpaired) electrons. The van der Waals surface area contributed by atoms with Crippen LogP contribution in [0.15, 0.2) is 59.2 Å². The fourth-order valence-corrected chi connectivity index (χ4v) is 2.95. The zero-order valence-corrected chi connectivity index (χ0v) is 12.8. The molecule has 1 N–H and O–H groups in total. The molecule has 0 unspecified atom stereocenters. The summed E-state index contributed by atoms with van der Waals surface area (Å²) in [7, 11) is 0. The van der Waals surface area contributed by atoms with E-state index in [9.17, 15) is 0 Å². The van der Waals surface area contributed by atoms with Crippen LogP contribution in [0.2, 0.25) is 0 Å². The fourth-order valence-electron chi connectivity index (χ4n) is 2.35. The normalized spacial score (nSPS) is 10.7. The molecule has 2 aromatic carbocycles. The van der Waals surface area contributed by atoms with Crippen LogP contribution in [0.3, 0.4) is 0 Å². The number of aromatic nitrogens is 1. The molecule has 0 amide bonds. The molecule has 0 atom stereocenters. The van der Waals surface area contributed by atoms with E-state index >= 15 is 0 Å². The van der Waals surface area contributed by atoms with E-state index in [2.05, 4.69) is 75.6 Å². The molecule has 0 spiro atoms. The van der Waals surface area contributed by atoms with Crippen LogP contribution in [-0.4, -0.2) is 4.98 Å². The first-order valence-electron chi connectivity index (χ1n) is 6.56. The van der Waals surface area contributed by atoms with Crippen molar-refractivity contribution >= 4 is 32.5 Å². The quantitative estimate of drug-likeness (QED) is 0.739. The van der Waals surface area contributed by atoms with Crippen molar-refractivity contribution in [1.82, 2.24) is 4.98 Å². The van der Waals surface area contributed by atoms with E-state index in [1.807, 2.05) is 12.3 Å². The van der Waals surface area contributed by atoms with Gasteiger partial charge in [-0.05, 0) is 42.3 Å². The number of pyridine rings is 1. The van der Waals surface area contributed by atoms with E-state index in [0.717, 1.165) is 22.2 Å². The molecule has 1 aromatic heterocycles. The number of rotatable bonds is 3. The third kappa shape index (κ3) is 2.83. The van der Waals surface area contributed by atoms with Crippen molar-refractivity contribution in [3.8, 4) is 0 Å². The van der Waals surface area contributed by atoms with Crippen LogP contribution in [0, 0.1) is 6.92 Å². The maximum absolute atomic E-state index is 4.48. The monoisotopic (exact) mass is 326 g/mol. The Labute approximate surface area is 127 Å². The Balaban J connectivity index is 1.87. The van der Waals surface area contributed by atoms with E-state index < -0.39 is 0 Å². The zero-order valence-electron chi connectivity index (χ0n) is 11.2. The number of anilines is 1. The van der Waals surface area contributed by atoms with E-state index in [-0.39, 0.29) is 0 Å². The molecule has 0 saturated carbocycles. The Morgan fingerprint density at radius 3 is 2.80 bits per heavy atom. The van der Waals surface area contributed by atoms with Crippen LogP contribution in [0.4, 0.5) is 5.69 Å². The summed E-state index contributed by atoms with van der Waals surface area (Å²) in [4.78, 5) is 4.48. The lowest BCUT2D eigenvalue weighted by molar-refractivity contribution is 1.15. The third-order valence-electron chi connectivity index (χ3n) is 3.24. The van der Waals surface area contributed by atoms with Gasteiger partial charge in [0.2, 0.25) is 0 Å². The van der Waals surface area contributed by atoms with Crippen molar-refractivity contribution in [2.24, 2.45) is 0 Å². The van der Waals surface area contributed by atoms with Crippen LogP contribution in [0.5, 0.6) is 0 Å². The van der Waals surface area contributed by atoms with Crippen molar-refractivity contribution in [3.05, 3.63) is 70.3 Å². The number of hydrogen-bond donors (Lipinski definition) is 1. The number of aryl methyl sites for hydroxylation is 1. The highest BCUT2D eigenvalue weighted by molar-refractivity contribution is 9.10. The molecule has 2 nitrogen and oxygen atoms in total. The summed E-state index contributed by atoms with van der Waals surface area (Å²) >= 11 is 3.53. The largest absolute Gasteiger partial charge is 0.381 e. The maximum atomic E-state index is 4.48. The van der Waals surface area contributed by atoms with Gasteiger partial charge >= 0.3 is 0 Å². The molecular formula is C17H15BrN2. The molecule has 20 heavy (non-hydrogen) atoms. The Morgan fingerprint density at radius 2 is 1.95 bits per heavy atom. The predicted molar refractivity (Wildman–Crippen MR) is 87.9 cm³/mol. The van der Waals surface area contributed by atoms with Crippen molar-refractivity contribution in [2.75, 3.05) is 5.32 Å². The van der Waals surface area contributed by atoms with E-state index in [1.54, 1.807) is 0 Å². The number of fused-ring (bicyclic) bond motifs is 1. The fraction of sp³-hybridized carbons (Fsp3) is 0.118. The molecule has 0 saturated heterocycles. The van der Waals surface area contributed by atoms with Gasteiger partial charge in [-0.1, -0.05) is 40.2 Å². The van der Waals surface area contributed by atoms with E-state index in [4.69, 9.17) is 0 Å². The van der Waals surface area contributed by atoms with Gasteiger partial charge in [0.1, 0.15) is 0 Å². The average Bonchev–Trinajstić information content (AvgIpc) is 2.44. The number of hydrogen-bond acceptors (Lipinski definition) is 2. The molecule has 1 heterocycles. The van der Waals surface area contributed by atoms with Crippen molar-refractivity contribution < 1.29 is 0 Å². The van der Waals surface area contributed by atoms with Crippen LogP contribution in [0.1, 0.15) is 11.1 Å². The van der Waals surface area contributed by atoms with E-state index in [1.165, 1.54) is 16.5 Å². The van der Waals surface area contributed by atoms with Crippen molar-refractivity contribution in [2.45, 2.75) is 13.5 Å². The maximum Gasteiger partial charge on any atom is 0.0751 e. The first-order valence-corrected chi connectivity index (χ1v) is 7.35. The average molecular weight is 327 g/mol. The van der Waals surface area contributed by atoms with Gasteiger partial charge in [0.25, 0.3) is 0 Å². The SMILES string of the molecule is Cc1cc(Br)cc(NCc2cccc3cccnc23)c1. The van der Waals surface area contributed by atoms with Crippen molar-refractivity contribution in [1.29, 1.82) is 0 Å². The number of halogens is 1. The van der Waals surface area contributed by atoms with Gasteiger partial charge < -0.3 is 5.32 Å². The first kappa shape index (κ1) is 13.1. The lowest BCUT2D eigenvalue weighted by Gasteiger charge is -2.10. The predicted octanol–water partition coefficient (Wildman–Crippen LogP) is 4.92. The number of nitrogens with zero attached hydrogens (tertiary/aromatic N) is 1. The summed E-state index contributed by atoms with van der Waals surface area (Å²) < 4.78 is 1.09. The highest BCUT2D eigenvalue weighted by atomic mass is 79.9. The summed E-state index contributed by atoms with van der Waals surface area (Å²) in [5.41, 5.74) is 4.62. The Kier molecular flexibility index (Phi) is 3.70. The summed E-state index contributed by atoms with van der Waals surface area (Å²) in [6.45, 7) is 2.86. The molecule has 100 valence electrons. The van der Waals surface area contributed by atoms with Gasteiger partial charge in [-0.2, -0.15) is 0 Å². The molecular weight excluding hydrogens is 312 g/mol. The molecule has 0 aliphatic heterocycles.